The van der Waals surface area contributed by atoms with Crippen LogP contribution in [0.25, 0.3) is 0 Å². The molecule has 1 aromatic carbocycles. The minimum absolute atomic E-state index is 0.0157. The van der Waals surface area contributed by atoms with Crippen LogP contribution in [0.3, 0.4) is 0 Å². The van der Waals surface area contributed by atoms with E-state index in [2.05, 4.69) is 28.1 Å². The van der Waals surface area contributed by atoms with Gasteiger partial charge in [0, 0.05) is 38.6 Å². The molecule has 1 saturated heterocycles. The predicted octanol–water partition coefficient (Wildman–Crippen LogP) is 2.60. The average molecular weight is 378 g/mol. The number of rotatable bonds is 3. The van der Waals surface area contributed by atoms with E-state index in [1.54, 1.807) is 6.20 Å². The number of oxazole rings is 1. The molecule has 5 rings (SSSR count). The first-order chi connectivity index (χ1) is 13.7. The minimum Gasteiger partial charge on any atom is -0.446 e. The summed E-state index contributed by atoms with van der Waals surface area (Å²) < 4.78 is 12.9. The Bertz CT molecular complexity index is 989. The molecule has 2 aliphatic heterocycles. The monoisotopic (exact) mass is 378 g/mol. The first-order valence-corrected chi connectivity index (χ1v) is 9.48. The number of anilines is 1. The smallest absolute Gasteiger partial charge is 0.271 e. The van der Waals surface area contributed by atoms with Gasteiger partial charge in [-0.3, -0.25) is 4.79 Å². The van der Waals surface area contributed by atoms with Crippen molar-refractivity contribution in [3.8, 4) is 0 Å². The van der Waals surface area contributed by atoms with Crippen molar-refractivity contribution >= 4 is 11.6 Å². The molecule has 144 valence electrons. The van der Waals surface area contributed by atoms with Crippen LogP contribution in [0.4, 0.5) is 5.69 Å². The molecule has 0 bridgehead atoms. The Balaban J connectivity index is 1.53. The van der Waals surface area contributed by atoms with Crippen LogP contribution < -0.4 is 4.90 Å². The Morgan fingerprint density at radius 3 is 2.79 bits per heavy atom. The molecule has 0 N–H and O–H groups in total. The summed E-state index contributed by atoms with van der Waals surface area (Å²) in [4.78, 5) is 21.6. The van der Waals surface area contributed by atoms with E-state index in [0.717, 1.165) is 37.4 Å². The number of amides is 1. The number of benzene rings is 1. The summed E-state index contributed by atoms with van der Waals surface area (Å²) in [5.41, 5.74) is 4.07. The van der Waals surface area contributed by atoms with E-state index in [1.165, 1.54) is 12.1 Å². The highest BCUT2D eigenvalue weighted by molar-refractivity contribution is 5.93. The number of hydrogen-bond donors (Lipinski definition) is 0. The number of carbonyl (C=O) groups is 1. The maximum absolute atomic E-state index is 13.3. The van der Waals surface area contributed by atoms with Crippen molar-refractivity contribution in [3.05, 3.63) is 71.7 Å². The van der Waals surface area contributed by atoms with Crippen LogP contribution in [-0.2, 0) is 18.3 Å². The lowest BCUT2D eigenvalue weighted by Crippen LogP contribution is -2.36. The summed E-state index contributed by atoms with van der Waals surface area (Å²) in [6, 6.07) is 9.91. The largest absolute Gasteiger partial charge is 0.446 e. The van der Waals surface area contributed by atoms with E-state index in [1.807, 2.05) is 34.8 Å². The molecule has 3 aromatic rings. The summed E-state index contributed by atoms with van der Waals surface area (Å²) in [7, 11) is 1.89. The van der Waals surface area contributed by atoms with Gasteiger partial charge < -0.3 is 23.5 Å². The quantitative estimate of drug-likeness (QED) is 0.701. The van der Waals surface area contributed by atoms with Gasteiger partial charge in [0.05, 0.1) is 19.4 Å². The van der Waals surface area contributed by atoms with E-state index in [-0.39, 0.29) is 11.9 Å². The standard InChI is InChI=1S/C21H22N4O3/c1-23-6-2-3-18(23)21(26)25-13-15-11-16(24-7-9-27-10-8-24)4-5-17(15)20(25)19-12-22-14-28-19/h2-6,11-12,14,20H,7-10,13H2,1H3/t20-/m0/s1. The van der Waals surface area contributed by atoms with Crippen LogP contribution in [-0.4, -0.2) is 46.7 Å². The van der Waals surface area contributed by atoms with Gasteiger partial charge in [0.2, 0.25) is 0 Å². The van der Waals surface area contributed by atoms with Crippen LogP contribution in [0.5, 0.6) is 0 Å². The van der Waals surface area contributed by atoms with Crippen LogP contribution in [0.15, 0.2) is 53.5 Å². The van der Waals surface area contributed by atoms with E-state index < -0.39 is 0 Å². The Kier molecular flexibility index (Phi) is 4.16. The van der Waals surface area contributed by atoms with Gasteiger partial charge in [-0.05, 0) is 35.4 Å². The molecule has 1 amide bonds. The van der Waals surface area contributed by atoms with E-state index in [9.17, 15) is 4.79 Å². The molecule has 7 nitrogen and oxygen atoms in total. The summed E-state index contributed by atoms with van der Waals surface area (Å²) in [5, 5.41) is 0. The Morgan fingerprint density at radius 2 is 2.07 bits per heavy atom. The highest BCUT2D eigenvalue weighted by atomic mass is 16.5. The Morgan fingerprint density at radius 1 is 1.21 bits per heavy atom. The topological polar surface area (TPSA) is 63.7 Å². The molecular formula is C21H22N4O3. The first-order valence-electron chi connectivity index (χ1n) is 9.48. The maximum Gasteiger partial charge on any atom is 0.271 e. The fourth-order valence-electron chi connectivity index (χ4n) is 4.14. The molecular weight excluding hydrogens is 356 g/mol. The van der Waals surface area contributed by atoms with E-state index in [0.29, 0.717) is 18.0 Å². The molecule has 2 aliphatic rings. The molecule has 0 radical (unpaired) electrons. The van der Waals surface area contributed by atoms with E-state index >= 15 is 0 Å². The average Bonchev–Trinajstić information content (AvgIpc) is 3.46. The SMILES string of the molecule is Cn1cccc1C(=O)N1Cc2cc(N3CCOCC3)ccc2[C@H]1c1cnco1. The molecule has 7 heteroatoms. The van der Waals surface area contributed by atoms with Crippen LogP contribution in [0, 0.1) is 0 Å². The van der Waals surface area contributed by atoms with Gasteiger partial charge in [-0.1, -0.05) is 6.07 Å². The number of aromatic nitrogens is 2. The third-order valence-electron chi connectivity index (χ3n) is 5.59. The van der Waals surface area contributed by atoms with Crippen LogP contribution >= 0.6 is 0 Å². The molecule has 28 heavy (non-hydrogen) atoms. The maximum atomic E-state index is 13.3. The number of morpholine rings is 1. The van der Waals surface area contributed by atoms with Crippen molar-refractivity contribution in [2.75, 3.05) is 31.2 Å². The number of ether oxygens (including phenoxy) is 1. The number of carbonyl (C=O) groups excluding carboxylic acids is 1. The number of hydrogen-bond acceptors (Lipinski definition) is 5. The van der Waals surface area contributed by atoms with E-state index in [4.69, 9.17) is 9.15 Å². The fourth-order valence-corrected chi connectivity index (χ4v) is 4.14. The number of fused-ring (bicyclic) bond motifs is 1. The second kappa shape index (κ2) is 6.83. The molecule has 1 fully saturated rings. The highest BCUT2D eigenvalue weighted by Crippen LogP contribution is 2.40. The number of nitrogens with zero attached hydrogens (tertiary/aromatic N) is 4. The van der Waals surface area contributed by atoms with Crippen molar-refractivity contribution in [2.45, 2.75) is 12.6 Å². The lowest BCUT2D eigenvalue weighted by Gasteiger charge is -2.29. The van der Waals surface area contributed by atoms with Gasteiger partial charge in [-0.25, -0.2) is 4.98 Å². The van der Waals surface area contributed by atoms with Crippen molar-refractivity contribution in [1.82, 2.24) is 14.5 Å². The predicted molar refractivity (Wildman–Crippen MR) is 103 cm³/mol. The zero-order chi connectivity index (χ0) is 19.1. The molecule has 0 unspecified atom stereocenters. The summed E-state index contributed by atoms with van der Waals surface area (Å²) in [5.74, 6) is 0.665. The zero-order valence-corrected chi connectivity index (χ0v) is 15.7. The Hall–Kier alpha value is -3.06. The zero-order valence-electron chi connectivity index (χ0n) is 15.7. The second-order valence-corrected chi connectivity index (χ2v) is 7.23. The molecule has 1 atom stereocenters. The second-order valence-electron chi connectivity index (χ2n) is 7.23. The molecule has 0 aliphatic carbocycles. The lowest BCUT2D eigenvalue weighted by molar-refractivity contribution is 0.0693. The third kappa shape index (κ3) is 2.79. The molecule has 0 saturated carbocycles. The van der Waals surface area contributed by atoms with Gasteiger partial charge in [-0.15, -0.1) is 0 Å². The van der Waals surface area contributed by atoms with Gasteiger partial charge in [0.25, 0.3) is 5.91 Å². The van der Waals surface area contributed by atoms with Crippen molar-refractivity contribution in [3.63, 3.8) is 0 Å². The summed E-state index contributed by atoms with van der Waals surface area (Å²) in [6.45, 7) is 3.81. The lowest BCUT2D eigenvalue weighted by atomic mass is 10.0. The highest BCUT2D eigenvalue weighted by Gasteiger charge is 2.38. The Labute approximate surface area is 163 Å². The van der Waals surface area contributed by atoms with Crippen molar-refractivity contribution in [1.29, 1.82) is 0 Å². The summed E-state index contributed by atoms with van der Waals surface area (Å²) >= 11 is 0. The van der Waals surface area contributed by atoms with Gasteiger partial charge in [0.15, 0.2) is 12.2 Å². The van der Waals surface area contributed by atoms with Crippen molar-refractivity contribution < 1.29 is 13.9 Å². The van der Waals surface area contributed by atoms with Gasteiger partial charge in [0.1, 0.15) is 11.7 Å². The normalized spacial score (nSPS) is 19.1. The fraction of sp³-hybridized carbons (Fsp3) is 0.333. The third-order valence-corrected chi connectivity index (χ3v) is 5.59. The van der Waals surface area contributed by atoms with Crippen LogP contribution in [0.2, 0.25) is 0 Å². The van der Waals surface area contributed by atoms with Gasteiger partial charge >= 0.3 is 0 Å². The first kappa shape index (κ1) is 17.1. The minimum atomic E-state index is -0.265. The molecule has 4 heterocycles. The molecule has 2 aromatic heterocycles. The van der Waals surface area contributed by atoms with Crippen molar-refractivity contribution in [2.24, 2.45) is 7.05 Å². The van der Waals surface area contributed by atoms with Gasteiger partial charge in [-0.2, -0.15) is 0 Å². The molecule has 0 spiro atoms. The van der Waals surface area contributed by atoms with Crippen LogP contribution in [0.1, 0.15) is 33.4 Å². The number of aryl methyl sites for hydroxylation is 1. The summed E-state index contributed by atoms with van der Waals surface area (Å²) in [6.07, 6.45) is 5.00.